The van der Waals surface area contributed by atoms with Crippen molar-refractivity contribution >= 4 is 34.5 Å². The molecule has 2 aromatic heterocycles. The molecule has 0 saturated carbocycles. The number of aryl methyl sites for hydroxylation is 1. The number of nitrogens with zero attached hydrogens (tertiary/aromatic N) is 3. The third-order valence-corrected chi connectivity index (χ3v) is 6.49. The molecule has 0 atom stereocenters. The summed E-state index contributed by atoms with van der Waals surface area (Å²) in [5.74, 6) is 0.0623. The number of methoxy groups -OCH3 is 1. The highest BCUT2D eigenvalue weighted by molar-refractivity contribution is 7.99. The molecule has 9 heteroatoms. The Morgan fingerprint density at radius 2 is 1.91 bits per heavy atom. The van der Waals surface area contributed by atoms with Crippen molar-refractivity contribution in [2.75, 3.05) is 19.9 Å². The fraction of sp³-hybridized carbons (Fsp3) is 0.231. The van der Waals surface area contributed by atoms with Crippen LogP contribution in [0.5, 0.6) is 0 Å². The molecule has 0 unspecified atom stereocenters. The molecule has 35 heavy (non-hydrogen) atoms. The molecule has 0 aliphatic heterocycles. The largest absolute Gasteiger partial charge is 0.467 e. The van der Waals surface area contributed by atoms with Gasteiger partial charge in [0.05, 0.1) is 42.1 Å². The van der Waals surface area contributed by atoms with Crippen LogP contribution in [0, 0.1) is 6.92 Å². The van der Waals surface area contributed by atoms with Crippen LogP contribution in [0.3, 0.4) is 0 Å². The summed E-state index contributed by atoms with van der Waals surface area (Å²) in [5.41, 5.74) is 2.55. The molecule has 8 nitrogen and oxygen atoms in total. The molecule has 180 valence electrons. The molecule has 4 rings (SSSR count). The lowest BCUT2D eigenvalue weighted by molar-refractivity contribution is -0.127. The molecule has 0 bridgehead atoms. The molecule has 0 fully saturated rings. The minimum absolute atomic E-state index is 0.0924. The van der Waals surface area contributed by atoms with Gasteiger partial charge in [-0.2, -0.15) is 0 Å². The van der Waals surface area contributed by atoms with Gasteiger partial charge in [0.1, 0.15) is 5.76 Å². The van der Waals surface area contributed by atoms with Crippen molar-refractivity contribution < 1.29 is 18.7 Å². The van der Waals surface area contributed by atoms with Crippen LogP contribution >= 0.6 is 11.8 Å². The summed E-state index contributed by atoms with van der Waals surface area (Å²) < 4.78 is 11.7. The maximum Gasteiger partial charge on any atom is 0.337 e. The van der Waals surface area contributed by atoms with Gasteiger partial charge in [-0.3, -0.25) is 14.2 Å². The Bertz CT molecular complexity index is 1410. The number of amides is 1. The van der Waals surface area contributed by atoms with Crippen LogP contribution in [0.25, 0.3) is 10.9 Å². The van der Waals surface area contributed by atoms with Gasteiger partial charge in [0.15, 0.2) is 5.16 Å². The number of benzene rings is 2. The van der Waals surface area contributed by atoms with Crippen LogP contribution in [0.15, 0.2) is 75.2 Å². The fourth-order valence-corrected chi connectivity index (χ4v) is 4.48. The number of rotatable bonds is 8. The molecule has 2 aromatic carbocycles. The van der Waals surface area contributed by atoms with Gasteiger partial charge in [0.25, 0.3) is 5.56 Å². The van der Waals surface area contributed by atoms with E-state index in [0.717, 1.165) is 11.1 Å². The average molecular weight is 492 g/mol. The van der Waals surface area contributed by atoms with Gasteiger partial charge in [-0.05, 0) is 42.8 Å². The zero-order valence-corrected chi connectivity index (χ0v) is 20.5. The molecular formula is C26H25N3O5S. The van der Waals surface area contributed by atoms with E-state index in [-0.39, 0.29) is 23.8 Å². The Morgan fingerprint density at radius 1 is 1.14 bits per heavy atom. The zero-order chi connectivity index (χ0) is 24.9. The first kappa shape index (κ1) is 24.3. The number of furan rings is 1. The van der Waals surface area contributed by atoms with Crippen LogP contribution < -0.4 is 5.56 Å². The Balaban J connectivity index is 1.61. The van der Waals surface area contributed by atoms with E-state index in [1.54, 1.807) is 30.1 Å². The predicted octanol–water partition coefficient (Wildman–Crippen LogP) is 3.88. The van der Waals surface area contributed by atoms with Crippen molar-refractivity contribution in [2.45, 2.75) is 25.2 Å². The highest BCUT2D eigenvalue weighted by atomic mass is 32.2. The molecule has 0 aliphatic rings. The fourth-order valence-electron chi connectivity index (χ4n) is 3.55. The Kier molecular flexibility index (Phi) is 7.36. The SMILES string of the molecule is COC(=O)c1ccc2c(=O)n(Cc3ccco3)c(SCC(=O)N(C)Cc3ccc(C)cc3)nc2c1. The maximum absolute atomic E-state index is 13.3. The number of aromatic nitrogens is 2. The molecule has 0 aliphatic carbocycles. The summed E-state index contributed by atoms with van der Waals surface area (Å²) in [6, 6.07) is 16.1. The number of carbonyl (C=O) groups is 2. The number of thioether (sulfide) groups is 1. The second-order valence-corrected chi connectivity index (χ2v) is 9.06. The van der Waals surface area contributed by atoms with Crippen LogP contribution in [0.4, 0.5) is 0 Å². The first-order valence-electron chi connectivity index (χ1n) is 10.9. The quantitative estimate of drug-likeness (QED) is 0.210. The van der Waals surface area contributed by atoms with Gasteiger partial charge >= 0.3 is 5.97 Å². The molecular weight excluding hydrogens is 466 g/mol. The molecule has 0 saturated heterocycles. The summed E-state index contributed by atoms with van der Waals surface area (Å²) in [4.78, 5) is 44.4. The molecule has 0 radical (unpaired) electrons. The lowest BCUT2D eigenvalue weighted by Gasteiger charge is -2.18. The molecule has 1 amide bonds. The molecule has 0 spiro atoms. The van der Waals surface area contributed by atoms with E-state index in [0.29, 0.717) is 33.9 Å². The van der Waals surface area contributed by atoms with E-state index >= 15 is 0 Å². The smallest absolute Gasteiger partial charge is 0.337 e. The van der Waals surface area contributed by atoms with Gasteiger partial charge in [0.2, 0.25) is 5.91 Å². The van der Waals surface area contributed by atoms with E-state index in [2.05, 4.69) is 4.98 Å². The standard InChI is InChI=1S/C26H25N3O5S/c1-17-6-8-18(9-7-17)14-28(2)23(30)16-35-26-27-22-13-19(25(32)33-3)10-11-21(22)24(31)29(26)15-20-5-4-12-34-20/h4-13H,14-16H2,1-3H3. The number of hydrogen-bond donors (Lipinski definition) is 0. The summed E-state index contributed by atoms with van der Waals surface area (Å²) in [7, 11) is 3.04. The summed E-state index contributed by atoms with van der Waals surface area (Å²) >= 11 is 1.17. The van der Waals surface area contributed by atoms with Crippen molar-refractivity contribution in [2.24, 2.45) is 0 Å². The van der Waals surface area contributed by atoms with Crippen molar-refractivity contribution in [1.29, 1.82) is 0 Å². The van der Waals surface area contributed by atoms with E-state index in [4.69, 9.17) is 9.15 Å². The number of fused-ring (bicyclic) bond motifs is 1. The summed E-state index contributed by atoms with van der Waals surface area (Å²) in [5, 5.41) is 0.717. The van der Waals surface area contributed by atoms with Crippen LogP contribution in [0.1, 0.15) is 27.2 Å². The van der Waals surface area contributed by atoms with Gasteiger partial charge < -0.3 is 14.1 Å². The number of esters is 1. The van der Waals surface area contributed by atoms with Gasteiger partial charge in [-0.15, -0.1) is 0 Å². The summed E-state index contributed by atoms with van der Waals surface area (Å²) in [6.07, 6.45) is 1.54. The second-order valence-electron chi connectivity index (χ2n) is 8.11. The van der Waals surface area contributed by atoms with Crippen molar-refractivity contribution in [1.82, 2.24) is 14.5 Å². The van der Waals surface area contributed by atoms with E-state index < -0.39 is 5.97 Å². The van der Waals surface area contributed by atoms with Crippen LogP contribution in [0.2, 0.25) is 0 Å². The molecule has 0 N–H and O–H groups in total. The molecule has 4 aromatic rings. The third-order valence-electron chi connectivity index (χ3n) is 5.53. The van der Waals surface area contributed by atoms with E-state index in [1.807, 2.05) is 31.2 Å². The Morgan fingerprint density at radius 3 is 2.60 bits per heavy atom. The number of ether oxygens (including phenoxy) is 1. The Labute approximate surface area is 206 Å². The van der Waals surface area contributed by atoms with Gasteiger partial charge in [0, 0.05) is 13.6 Å². The van der Waals surface area contributed by atoms with Gasteiger partial charge in [-0.25, -0.2) is 9.78 Å². The zero-order valence-electron chi connectivity index (χ0n) is 19.7. The topological polar surface area (TPSA) is 94.6 Å². The first-order valence-corrected chi connectivity index (χ1v) is 11.9. The highest BCUT2D eigenvalue weighted by Gasteiger charge is 2.18. The number of carbonyl (C=O) groups excluding carboxylic acids is 2. The Hall–Kier alpha value is -3.85. The highest BCUT2D eigenvalue weighted by Crippen LogP contribution is 2.21. The first-order chi connectivity index (χ1) is 16.9. The third kappa shape index (κ3) is 5.63. The normalized spacial score (nSPS) is 10.9. The minimum atomic E-state index is -0.518. The average Bonchev–Trinajstić information content (AvgIpc) is 3.38. The van der Waals surface area contributed by atoms with Gasteiger partial charge in [-0.1, -0.05) is 41.6 Å². The molecule has 2 heterocycles. The predicted molar refractivity (Wildman–Crippen MR) is 134 cm³/mol. The lowest BCUT2D eigenvalue weighted by atomic mass is 10.1. The van der Waals surface area contributed by atoms with Crippen LogP contribution in [-0.2, 0) is 22.6 Å². The van der Waals surface area contributed by atoms with E-state index in [9.17, 15) is 14.4 Å². The number of hydrogen-bond acceptors (Lipinski definition) is 7. The minimum Gasteiger partial charge on any atom is -0.467 e. The van der Waals surface area contributed by atoms with Crippen molar-refractivity contribution in [3.05, 3.63) is 93.7 Å². The van der Waals surface area contributed by atoms with Crippen molar-refractivity contribution in [3.63, 3.8) is 0 Å². The maximum atomic E-state index is 13.3. The second kappa shape index (κ2) is 10.6. The lowest BCUT2D eigenvalue weighted by Crippen LogP contribution is -2.29. The summed E-state index contributed by atoms with van der Waals surface area (Å²) in [6.45, 7) is 2.66. The monoisotopic (exact) mass is 491 g/mol. The van der Waals surface area contributed by atoms with Crippen LogP contribution in [-0.4, -0.2) is 46.2 Å². The van der Waals surface area contributed by atoms with Crippen molar-refractivity contribution in [3.8, 4) is 0 Å². The van der Waals surface area contributed by atoms with E-state index in [1.165, 1.54) is 41.8 Å².